The molecular weight excluding hydrogens is 312 g/mol. The van der Waals surface area contributed by atoms with Crippen LogP contribution in [0.4, 0.5) is 11.4 Å². The van der Waals surface area contributed by atoms with Crippen LogP contribution in [0, 0.1) is 0 Å². The number of rotatable bonds is 3. The monoisotopic (exact) mass is 336 g/mol. The Morgan fingerprint density at radius 1 is 1.20 bits per heavy atom. The number of aryl methyl sites for hydroxylation is 1. The number of para-hydroxylation sites is 1. The van der Waals surface area contributed by atoms with Crippen LogP contribution in [0.2, 0.25) is 0 Å². The molecule has 1 atom stereocenters. The molecule has 1 amide bonds. The standard InChI is InChI=1S/C21H24N2O2/c1-15-13-22(20-8-4-3-7-18(15)20)14-21(24)23-11-5-6-16-12-17(25-2)9-10-19(16)23/h3-4,7-10,12,15H,5-6,11,13-14H2,1-2H3. The number of amides is 1. The fourth-order valence-electron chi connectivity index (χ4n) is 4.08. The van der Waals surface area contributed by atoms with Crippen molar-refractivity contribution in [1.29, 1.82) is 0 Å². The zero-order valence-electron chi connectivity index (χ0n) is 14.9. The van der Waals surface area contributed by atoms with Crippen molar-refractivity contribution in [3.8, 4) is 5.75 Å². The van der Waals surface area contributed by atoms with Gasteiger partial charge in [0.05, 0.1) is 13.7 Å². The zero-order valence-corrected chi connectivity index (χ0v) is 14.9. The van der Waals surface area contributed by atoms with Crippen LogP contribution < -0.4 is 14.5 Å². The lowest BCUT2D eigenvalue weighted by molar-refractivity contribution is -0.117. The van der Waals surface area contributed by atoms with Gasteiger partial charge in [0.15, 0.2) is 0 Å². The summed E-state index contributed by atoms with van der Waals surface area (Å²) in [5.74, 6) is 1.51. The molecule has 25 heavy (non-hydrogen) atoms. The Morgan fingerprint density at radius 3 is 2.88 bits per heavy atom. The third-order valence-corrected chi connectivity index (χ3v) is 5.34. The first kappa shape index (κ1) is 16.0. The summed E-state index contributed by atoms with van der Waals surface area (Å²) in [5, 5.41) is 0. The maximum Gasteiger partial charge on any atom is 0.246 e. The number of hydrogen-bond donors (Lipinski definition) is 0. The predicted octanol–water partition coefficient (Wildman–Crippen LogP) is 3.60. The van der Waals surface area contributed by atoms with E-state index >= 15 is 0 Å². The van der Waals surface area contributed by atoms with Crippen LogP contribution in [0.25, 0.3) is 0 Å². The highest BCUT2D eigenvalue weighted by molar-refractivity contribution is 5.98. The maximum atomic E-state index is 13.0. The Kier molecular flexibility index (Phi) is 4.12. The molecule has 0 bridgehead atoms. The normalized spacial score (nSPS) is 18.7. The molecule has 0 spiro atoms. The fraction of sp³-hybridized carbons (Fsp3) is 0.381. The van der Waals surface area contributed by atoms with Gasteiger partial charge in [0.25, 0.3) is 0 Å². The molecule has 0 fully saturated rings. The van der Waals surface area contributed by atoms with Gasteiger partial charge in [0.1, 0.15) is 5.75 Å². The molecule has 130 valence electrons. The largest absolute Gasteiger partial charge is 0.497 e. The molecule has 0 aromatic heterocycles. The minimum atomic E-state index is 0.176. The van der Waals surface area contributed by atoms with Crippen molar-refractivity contribution in [2.24, 2.45) is 0 Å². The summed E-state index contributed by atoms with van der Waals surface area (Å²) >= 11 is 0. The minimum absolute atomic E-state index is 0.176. The Balaban J connectivity index is 1.56. The SMILES string of the molecule is COc1ccc2c(c1)CCCN2C(=O)CN1CC(C)c2ccccc21. The van der Waals surface area contributed by atoms with E-state index in [-0.39, 0.29) is 5.91 Å². The molecule has 4 rings (SSSR count). The molecule has 0 aliphatic carbocycles. The fourth-order valence-corrected chi connectivity index (χ4v) is 4.08. The number of hydrogen-bond acceptors (Lipinski definition) is 3. The highest BCUT2D eigenvalue weighted by Crippen LogP contribution is 2.36. The van der Waals surface area contributed by atoms with Gasteiger partial charge >= 0.3 is 0 Å². The average molecular weight is 336 g/mol. The molecule has 4 nitrogen and oxygen atoms in total. The summed E-state index contributed by atoms with van der Waals surface area (Å²) in [6, 6.07) is 14.4. The predicted molar refractivity (Wildman–Crippen MR) is 101 cm³/mol. The quantitative estimate of drug-likeness (QED) is 0.858. The number of benzene rings is 2. The third kappa shape index (κ3) is 2.86. The lowest BCUT2D eigenvalue weighted by Gasteiger charge is -2.31. The van der Waals surface area contributed by atoms with E-state index < -0.39 is 0 Å². The van der Waals surface area contributed by atoms with Crippen molar-refractivity contribution < 1.29 is 9.53 Å². The molecular formula is C21H24N2O2. The number of fused-ring (bicyclic) bond motifs is 2. The number of carbonyl (C=O) groups is 1. The number of nitrogens with zero attached hydrogens (tertiary/aromatic N) is 2. The second-order valence-corrected chi connectivity index (χ2v) is 6.98. The summed E-state index contributed by atoms with van der Waals surface area (Å²) in [6.45, 7) is 4.37. The first-order valence-electron chi connectivity index (χ1n) is 8.98. The van der Waals surface area contributed by atoms with Crippen LogP contribution in [-0.4, -0.2) is 32.7 Å². The topological polar surface area (TPSA) is 32.8 Å². The molecule has 0 N–H and O–H groups in total. The van der Waals surface area contributed by atoms with Crippen LogP contribution in [0.1, 0.15) is 30.4 Å². The zero-order chi connectivity index (χ0) is 17.4. The molecule has 0 saturated carbocycles. The number of ether oxygens (including phenoxy) is 1. The molecule has 2 aromatic rings. The Morgan fingerprint density at radius 2 is 2.04 bits per heavy atom. The van der Waals surface area contributed by atoms with Crippen LogP contribution in [0.5, 0.6) is 5.75 Å². The summed E-state index contributed by atoms with van der Waals surface area (Å²) < 4.78 is 5.32. The molecule has 2 heterocycles. The number of anilines is 2. The van der Waals surface area contributed by atoms with E-state index in [4.69, 9.17) is 4.74 Å². The Bertz CT molecular complexity index is 802. The van der Waals surface area contributed by atoms with Crippen molar-refractivity contribution in [1.82, 2.24) is 0 Å². The van der Waals surface area contributed by atoms with E-state index in [9.17, 15) is 4.79 Å². The van der Waals surface area contributed by atoms with Gasteiger partial charge in [-0.15, -0.1) is 0 Å². The second-order valence-electron chi connectivity index (χ2n) is 6.98. The van der Waals surface area contributed by atoms with E-state index in [0.717, 1.165) is 37.4 Å². The van der Waals surface area contributed by atoms with Gasteiger partial charge in [-0.3, -0.25) is 4.79 Å². The van der Waals surface area contributed by atoms with Gasteiger partial charge in [-0.1, -0.05) is 25.1 Å². The van der Waals surface area contributed by atoms with Crippen molar-refractivity contribution in [2.45, 2.75) is 25.7 Å². The molecule has 1 unspecified atom stereocenters. The molecule has 0 radical (unpaired) electrons. The van der Waals surface area contributed by atoms with Crippen LogP contribution in [0.15, 0.2) is 42.5 Å². The van der Waals surface area contributed by atoms with E-state index in [2.05, 4.69) is 42.2 Å². The summed E-state index contributed by atoms with van der Waals surface area (Å²) in [6.07, 6.45) is 2.00. The van der Waals surface area contributed by atoms with Gasteiger partial charge in [-0.05, 0) is 48.2 Å². The molecule has 2 aliphatic heterocycles. The number of carbonyl (C=O) groups excluding carboxylic acids is 1. The van der Waals surface area contributed by atoms with Crippen LogP contribution >= 0.6 is 0 Å². The minimum Gasteiger partial charge on any atom is -0.497 e. The summed E-state index contributed by atoms with van der Waals surface area (Å²) in [4.78, 5) is 17.2. The smallest absolute Gasteiger partial charge is 0.246 e. The van der Waals surface area contributed by atoms with Gasteiger partial charge in [-0.25, -0.2) is 0 Å². The average Bonchev–Trinajstić information content (AvgIpc) is 2.96. The molecule has 2 aliphatic rings. The second kappa shape index (κ2) is 6.43. The summed E-state index contributed by atoms with van der Waals surface area (Å²) in [7, 11) is 1.68. The third-order valence-electron chi connectivity index (χ3n) is 5.34. The van der Waals surface area contributed by atoms with Gasteiger partial charge in [0, 0.05) is 30.4 Å². The van der Waals surface area contributed by atoms with Crippen LogP contribution in [0.3, 0.4) is 0 Å². The van der Waals surface area contributed by atoms with Gasteiger partial charge in [-0.2, -0.15) is 0 Å². The first-order valence-corrected chi connectivity index (χ1v) is 8.98. The van der Waals surface area contributed by atoms with E-state index in [0.29, 0.717) is 12.5 Å². The first-order chi connectivity index (χ1) is 12.2. The van der Waals surface area contributed by atoms with Gasteiger partial charge in [0.2, 0.25) is 5.91 Å². The van der Waals surface area contributed by atoms with E-state index in [1.165, 1.54) is 16.8 Å². The lowest BCUT2D eigenvalue weighted by Crippen LogP contribution is -2.42. The lowest BCUT2D eigenvalue weighted by atomic mass is 10.0. The maximum absolute atomic E-state index is 13.0. The van der Waals surface area contributed by atoms with E-state index in [1.807, 2.05) is 17.0 Å². The molecule has 4 heteroatoms. The number of methoxy groups -OCH3 is 1. The van der Waals surface area contributed by atoms with Crippen molar-refractivity contribution in [3.63, 3.8) is 0 Å². The van der Waals surface area contributed by atoms with Crippen LogP contribution in [-0.2, 0) is 11.2 Å². The molecule has 0 saturated heterocycles. The highest BCUT2D eigenvalue weighted by Gasteiger charge is 2.29. The highest BCUT2D eigenvalue weighted by atomic mass is 16.5. The van der Waals surface area contributed by atoms with Crippen molar-refractivity contribution in [3.05, 3.63) is 53.6 Å². The molecule has 2 aromatic carbocycles. The Labute approximate surface area is 149 Å². The van der Waals surface area contributed by atoms with Crippen molar-refractivity contribution >= 4 is 17.3 Å². The summed E-state index contributed by atoms with van der Waals surface area (Å²) in [5.41, 5.74) is 4.79. The van der Waals surface area contributed by atoms with Gasteiger partial charge < -0.3 is 14.5 Å². The van der Waals surface area contributed by atoms with Crippen molar-refractivity contribution in [2.75, 3.05) is 36.5 Å². The van der Waals surface area contributed by atoms with E-state index in [1.54, 1.807) is 7.11 Å². The Hall–Kier alpha value is -2.49.